The van der Waals surface area contributed by atoms with Gasteiger partial charge in [0.25, 0.3) is 5.91 Å². The van der Waals surface area contributed by atoms with E-state index in [0.717, 1.165) is 11.8 Å². The normalized spacial score (nSPS) is 12.7. The van der Waals surface area contributed by atoms with Crippen LogP contribution in [0.15, 0.2) is 60.8 Å². The molecule has 0 bridgehead atoms. The third-order valence-electron chi connectivity index (χ3n) is 6.44. The van der Waals surface area contributed by atoms with Gasteiger partial charge in [0.15, 0.2) is 0 Å². The van der Waals surface area contributed by atoms with E-state index in [1.807, 2.05) is 11.6 Å². The predicted octanol–water partition coefficient (Wildman–Crippen LogP) is 3.95. The lowest BCUT2D eigenvalue weighted by Crippen LogP contribution is -2.31. The first-order chi connectivity index (χ1) is 19.1. The van der Waals surface area contributed by atoms with Crippen molar-refractivity contribution in [1.82, 2.24) is 19.9 Å². The van der Waals surface area contributed by atoms with Gasteiger partial charge in [0.2, 0.25) is 11.9 Å². The molecule has 0 spiro atoms. The van der Waals surface area contributed by atoms with Crippen LogP contribution in [0, 0.1) is 11.8 Å². The van der Waals surface area contributed by atoms with E-state index >= 15 is 0 Å². The molecule has 2 amide bonds. The Morgan fingerprint density at radius 3 is 2.73 bits per heavy atom. The smallest absolute Gasteiger partial charge is 0.368 e. The average molecular weight is 545 g/mol. The van der Waals surface area contributed by atoms with Crippen molar-refractivity contribution in [3.05, 3.63) is 94.3 Å². The van der Waals surface area contributed by atoms with E-state index in [4.69, 9.17) is 5.73 Å². The van der Waals surface area contributed by atoms with Crippen molar-refractivity contribution in [3.63, 3.8) is 0 Å². The Kier molecular flexibility index (Phi) is 7.00. The van der Waals surface area contributed by atoms with Gasteiger partial charge in [-0.2, -0.15) is 13.2 Å². The number of hydrogen-bond donors (Lipinski definition) is 3. The number of alkyl halides is 3. The van der Waals surface area contributed by atoms with E-state index in [2.05, 4.69) is 32.4 Å². The Balaban J connectivity index is 1.39. The topological polar surface area (TPSA) is 115 Å². The number of nitrogens with one attached hydrogen (secondary N) is 2. The molecule has 4 aromatic rings. The molecule has 11 heteroatoms. The summed E-state index contributed by atoms with van der Waals surface area (Å²) in [6.07, 6.45) is -2.54. The van der Waals surface area contributed by atoms with Gasteiger partial charge in [0.05, 0.1) is 34.5 Å². The summed E-state index contributed by atoms with van der Waals surface area (Å²) in [5.74, 6) is 5.40. The third-order valence-corrected chi connectivity index (χ3v) is 6.44. The molecule has 2 aromatic heterocycles. The van der Waals surface area contributed by atoms with Crippen LogP contribution in [0.3, 0.4) is 0 Å². The summed E-state index contributed by atoms with van der Waals surface area (Å²) in [6, 6.07) is 13.4. The Labute approximate surface area is 227 Å². The van der Waals surface area contributed by atoms with E-state index in [0.29, 0.717) is 46.6 Å². The van der Waals surface area contributed by atoms with Crippen LogP contribution in [-0.4, -0.2) is 32.9 Å². The minimum Gasteiger partial charge on any atom is -0.368 e. The van der Waals surface area contributed by atoms with Crippen molar-refractivity contribution < 1.29 is 22.8 Å². The lowest BCUT2D eigenvalue weighted by molar-refractivity contribution is -0.137. The number of nitrogens with two attached hydrogens (primary N) is 1. The molecular weight excluding hydrogens is 521 g/mol. The molecule has 8 nitrogen and oxygen atoms in total. The minimum atomic E-state index is -4.59. The van der Waals surface area contributed by atoms with E-state index in [1.54, 1.807) is 30.3 Å². The van der Waals surface area contributed by atoms with Gasteiger partial charge in [-0.05, 0) is 35.9 Å². The highest BCUT2D eigenvalue weighted by Gasteiger charge is 2.33. The molecule has 40 heavy (non-hydrogen) atoms. The first-order valence-corrected chi connectivity index (χ1v) is 12.3. The number of halogens is 3. The van der Waals surface area contributed by atoms with Gasteiger partial charge in [-0.1, -0.05) is 36.1 Å². The van der Waals surface area contributed by atoms with Crippen molar-refractivity contribution in [2.45, 2.75) is 19.0 Å². The second kappa shape index (κ2) is 10.6. The summed E-state index contributed by atoms with van der Waals surface area (Å²) in [5, 5.41) is 5.18. The Bertz CT molecular complexity index is 1700. The Morgan fingerprint density at radius 1 is 1.15 bits per heavy atom. The molecule has 202 valence electrons. The number of rotatable bonds is 4. The minimum absolute atomic E-state index is 0.0595. The number of para-hydroxylation sites is 1. The second-order valence-electron chi connectivity index (χ2n) is 9.16. The number of aromatic nitrogens is 3. The van der Waals surface area contributed by atoms with Crippen molar-refractivity contribution in [3.8, 4) is 23.2 Å². The van der Waals surface area contributed by atoms with Gasteiger partial charge >= 0.3 is 6.18 Å². The van der Waals surface area contributed by atoms with Crippen molar-refractivity contribution in [2.24, 2.45) is 7.05 Å². The van der Waals surface area contributed by atoms with E-state index in [-0.39, 0.29) is 24.0 Å². The number of nitrogen functional groups attached to an aromatic ring is 1. The molecule has 1 aliphatic rings. The summed E-state index contributed by atoms with van der Waals surface area (Å²) in [5.41, 5.74) is 8.90. The molecule has 0 atom stereocenters. The highest BCUT2D eigenvalue weighted by atomic mass is 19.4. The maximum atomic E-state index is 13.3. The van der Waals surface area contributed by atoms with E-state index in [1.165, 1.54) is 24.4 Å². The summed E-state index contributed by atoms with van der Waals surface area (Å²) in [4.78, 5) is 33.3. The van der Waals surface area contributed by atoms with Crippen LogP contribution in [0.5, 0.6) is 0 Å². The van der Waals surface area contributed by atoms with Gasteiger partial charge in [-0.3, -0.25) is 9.59 Å². The lowest BCUT2D eigenvalue weighted by atomic mass is 10.1. The fourth-order valence-electron chi connectivity index (χ4n) is 4.56. The molecule has 1 aliphatic heterocycles. The number of anilines is 2. The molecule has 0 aliphatic carbocycles. The highest BCUT2D eigenvalue weighted by Crippen LogP contribution is 2.34. The summed E-state index contributed by atoms with van der Waals surface area (Å²) >= 11 is 0. The van der Waals surface area contributed by atoms with Crippen LogP contribution >= 0.6 is 0 Å². The van der Waals surface area contributed by atoms with Gasteiger partial charge in [0, 0.05) is 37.5 Å². The highest BCUT2D eigenvalue weighted by molar-refractivity contribution is 5.98. The van der Waals surface area contributed by atoms with E-state index < -0.39 is 17.6 Å². The molecule has 3 heterocycles. The second-order valence-corrected chi connectivity index (χ2v) is 9.16. The quantitative estimate of drug-likeness (QED) is 0.337. The Hall–Kier alpha value is -5.11. The molecule has 5 rings (SSSR count). The number of fused-ring (bicyclic) bond motifs is 1. The standard InChI is InChI=1S/C29H23F3N6O2/c1-38-23-11-12-34-27(40)20(23)15-24(38)26-19(16-35-28(33)37-26)10-9-17-5-4-6-18(13-17)14-25(39)36-22-8-3-2-7-21(22)29(30,31)32/h2-8,13,15-16H,11-12,14H2,1H3,(H,34,40)(H,36,39)(H2,33,35,37). The van der Waals surface area contributed by atoms with Gasteiger partial charge in [-0.15, -0.1) is 0 Å². The molecule has 2 aromatic carbocycles. The molecule has 0 unspecified atom stereocenters. The zero-order chi connectivity index (χ0) is 28.4. The number of amides is 2. The SMILES string of the molecule is Cn1c(-c2nc(N)ncc2C#Cc2cccc(CC(=O)Nc3ccccc3C(F)(F)F)c2)cc2c1CCNC2=O. The molecule has 0 saturated heterocycles. The number of nitrogens with zero attached hydrogens (tertiary/aromatic N) is 3. The molecular formula is C29H23F3N6O2. The van der Waals surface area contributed by atoms with Gasteiger partial charge < -0.3 is 20.9 Å². The molecule has 0 radical (unpaired) electrons. The molecule has 0 saturated carbocycles. The van der Waals surface area contributed by atoms with Crippen LogP contribution in [0.2, 0.25) is 0 Å². The summed E-state index contributed by atoms with van der Waals surface area (Å²) in [6.45, 7) is 0.547. The molecule has 4 N–H and O–H groups in total. The largest absolute Gasteiger partial charge is 0.418 e. The van der Waals surface area contributed by atoms with Crippen molar-refractivity contribution in [2.75, 3.05) is 17.6 Å². The zero-order valence-corrected chi connectivity index (χ0v) is 21.3. The van der Waals surface area contributed by atoms with Crippen LogP contribution < -0.4 is 16.4 Å². The summed E-state index contributed by atoms with van der Waals surface area (Å²) < 4.78 is 41.7. The van der Waals surface area contributed by atoms with Crippen molar-refractivity contribution >= 4 is 23.5 Å². The fraction of sp³-hybridized carbons (Fsp3) is 0.172. The summed E-state index contributed by atoms with van der Waals surface area (Å²) in [7, 11) is 1.85. The van der Waals surface area contributed by atoms with Gasteiger partial charge in [-0.25, -0.2) is 9.97 Å². The maximum absolute atomic E-state index is 13.3. The number of carbonyl (C=O) groups excluding carboxylic acids is 2. The van der Waals surface area contributed by atoms with Crippen molar-refractivity contribution in [1.29, 1.82) is 0 Å². The fourth-order valence-corrected chi connectivity index (χ4v) is 4.56. The van der Waals surface area contributed by atoms with Crippen LogP contribution in [0.4, 0.5) is 24.8 Å². The predicted molar refractivity (Wildman–Crippen MR) is 143 cm³/mol. The number of carbonyl (C=O) groups is 2. The number of hydrogen-bond acceptors (Lipinski definition) is 5. The van der Waals surface area contributed by atoms with E-state index in [9.17, 15) is 22.8 Å². The first-order valence-electron chi connectivity index (χ1n) is 12.3. The van der Waals surface area contributed by atoms with Crippen LogP contribution in [0.1, 0.15) is 38.3 Å². The van der Waals surface area contributed by atoms with Crippen LogP contribution in [-0.2, 0) is 30.9 Å². The Morgan fingerprint density at radius 2 is 1.95 bits per heavy atom. The maximum Gasteiger partial charge on any atom is 0.418 e. The third kappa shape index (κ3) is 5.51. The average Bonchev–Trinajstić information content (AvgIpc) is 3.25. The number of benzene rings is 2. The monoisotopic (exact) mass is 544 g/mol. The first kappa shape index (κ1) is 26.5. The zero-order valence-electron chi connectivity index (χ0n) is 21.3. The van der Waals surface area contributed by atoms with Gasteiger partial charge in [0.1, 0.15) is 5.69 Å². The molecule has 0 fully saturated rings. The lowest BCUT2D eigenvalue weighted by Gasteiger charge is -2.14. The van der Waals surface area contributed by atoms with Crippen LogP contribution in [0.25, 0.3) is 11.4 Å².